The number of ether oxygens (including phenoxy) is 2. The lowest BCUT2D eigenvalue weighted by molar-refractivity contribution is -0.164. The van der Waals surface area contributed by atoms with E-state index >= 15 is 0 Å². The Bertz CT molecular complexity index is 1310. The third-order valence-electron chi connectivity index (χ3n) is 7.79. The topological polar surface area (TPSA) is 119 Å². The number of ketones is 1. The minimum atomic E-state index is -0.871. The summed E-state index contributed by atoms with van der Waals surface area (Å²) in [5.74, 6) is -1.55. The molecule has 42 heavy (non-hydrogen) atoms. The maximum Gasteiger partial charge on any atom is 0.329 e. The number of thiol groups is 1. The smallest absolute Gasteiger partial charge is 0.329 e. The number of hydrogen-bond donors (Lipinski definition) is 2. The SMILES string of the molecule is CCC(C)(C)C(=O)C(=O)N1CCCC[C@H]1C(=O)O[C@H](CCc1ccc(C=O)c(OC)c1)c1cccc(NC(=O)CS)c1. The van der Waals surface area contributed by atoms with Crippen molar-refractivity contribution in [3.05, 3.63) is 59.2 Å². The lowest BCUT2D eigenvalue weighted by atomic mass is 9.84. The van der Waals surface area contributed by atoms with Crippen molar-refractivity contribution in [2.75, 3.05) is 24.7 Å². The van der Waals surface area contributed by atoms with E-state index < -0.39 is 35.2 Å². The highest BCUT2D eigenvalue weighted by atomic mass is 32.1. The van der Waals surface area contributed by atoms with E-state index in [1.165, 1.54) is 12.0 Å². The molecule has 1 saturated heterocycles. The van der Waals surface area contributed by atoms with E-state index in [9.17, 15) is 24.0 Å². The molecule has 0 saturated carbocycles. The number of esters is 1. The van der Waals surface area contributed by atoms with Crippen molar-refractivity contribution in [2.45, 2.75) is 71.4 Å². The van der Waals surface area contributed by atoms with Gasteiger partial charge in [-0.25, -0.2) is 4.79 Å². The van der Waals surface area contributed by atoms with Crippen LogP contribution < -0.4 is 10.1 Å². The number of Topliss-reactive ketones (excluding diaryl/α,β-unsaturated/α-hetero) is 1. The molecule has 1 aliphatic rings. The maximum absolute atomic E-state index is 13.7. The Balaban J connectivity index is 1.88. The fourth-order valence-corrected chi connectivity index (χ4v) is 4.91. The third-order valence-corrected chi connectivity index (χ3v) is 8.08. The molecule has 2 aromatic rings. The van der Waals surface area contributed by atoms with Crippen LogP contribution in [0.3, 0.4) is 0 Å². The minimum Gasteiger partial charge on any atom is -0.496 e. The van der Waals surface area contributed by atoms with Crippen molar-refractivity contribution in [2.24, 2.45) is 5.41 Å². The average molecular weight is 597 g/mol. The van der Waals surface area contributed by atoms with E-state index in [4.69, 9.17) is 9.47 Å². The van der Waals surface area contributed by atoms with E-state index in [0.29, 0.717) is 61.2 Å². The largest absolute Gasteiger partial charge is 0.496 e. The van der Waals surface area contributed by atoms with Gasteiger partial charge < -0.3 is 19.7 Å². The van der Waals surface area contributed by atoms with Gasteiger partial charge in [0.15, 0.2) is 6.29 Å². The number of amides is 2. The molecule has 1 fully saturated rings. The summed E-state index contributed by atoms with van der Waals surface area (Å²) in [5, 5.41) is 2.76. The van der Waals surface area contributed by atoms with Crippen LogP contribution in [-0.2, 0) is 30.3 Å². The third kappa shape index (κ3) is 8.21. The second-order valence-electron chi connectivity index (χ2n) is 11.1. The van der Waals surface area contributed by atoms with Crippen LogP contribution in [0.2, 0.25) is 0 Å². The average Bonchev–Trinajstić information content (AvgIpc) is 3.01. The highest BCUT2D eigenvalue weighted by Gasteiger charge is 2.41. The van der Waals surface area contributed by atoms with Crippen molar-refractivity contribution in [3.8, 4) is 5.75 Å². The predicted octanol–water partition coefficient (Wildman–Crippen LogP) is 4.98. The van der Waals surface area contributed by atoms with Gasteiger partial charge in [0.05, 0.1) is 18.4 Å². The summed E-state index contributed by atoms with van der Waals surface area (Å²) >= 11 is 4.01. The molecule has 0 bridgehead atoms. The molecule has 0 aliphatic carbocycles. The molecule has 3 rings (SSSR count). The Hall–Kier alpha value is -3.66. The fourth-order valence-electron chi connectivity index (χ4n) is 4.84. The van der Waals surface area contributed by atoms with Crippen LogP contribution in [0.25, 0.3) is 0 Å². The van der Waals surface area contributed by atoms with Gasteiger partial charge in [0.1, 0.15) is 17.9 Å². The number of nitrogens with zero attached hydrogens (tertiary/aromatic N) is 1. The number of aldehydes is 1. The Morgan fingerprint density at radius 3 is 2.57 bits per heavy atom. The van der Waals surface area contributed by atoms with E-state index in [1.807, 2.05) is 19.1 Å². The van der Waals surface area contributed by atoms with Gasteiger partial charge in [0, 0.05) is 17.6 Å². The van der Waals surface area contributed by atoms with Crippen molar-refractivity contribution in [3.63, 3.8) is 0 Å². The number of rotatable bonds is 13. The number of benzene rings is 2. The second kappa shape index (κ2) is 15.0. The van der Waals surface area contributed by atoms with Gasteiger partial charge >= 0.3 is 5.97 Å². The number of carbonyl (C=O) groups excluding carboxylic acids is 5. The van der Waals surface area contributed by atoms with Crippen LogP contribution in [-0.4, -0.2) is 60.2 Å². The molecule has 226 valence electrons. The van der Waals surface area contributed by atoms with Gasteiger partial charge in [-0.1, -0.05) is 39.0 Å². The Morgan fingerprint density at radius 1 is 1.14 bits per heavy atom. The summed E-state index contributed by atoms with van der Waals surface area (Å²) in [7, 11) is 1.49. The van der Waals surface area contributed by atoms with Crippen LogP contribution in [0.1, 0.15) is 80.5 Å². The van der Waals surface area contributed by atoms with Crippen LogP contribution in [0.4, 0.5) is 5.69 Å². The number of piperidine rings is 1. The Morgan fingerprint density at radius 2 is 1.90 bits per heavy atom. The molecule has 0 unspecified atom stereocenters. The minimum absolute atomic E-state index is 0.0142. The molecular weight excluding hydrogens is 556 g/mol. The first-order valence-corrected chi connectivity index (χ1v) is 14.9. The molecular formula is C32H40N2O7S. The van der Waals surface area contributed by atoms with Gasteiger partial charge in [0.25, 0.3) is 5.91 Å². The number of anilines is 1. The number of methoxy groups -OCH3 is 1. The predicted molar refractivity (Wildman–Crippen MR) is 163 cm³/mol. The standard InChI is InChI=1S/C32H40N2O7S/c1-5-32(2,3)29(37)30(38)34-16-7-6-11-25(34)31(39)41-26(22-9-8-10-24(18-22)33-28(36)20-42)15-13-21-12-14-23(19-35)27(17-21)40-4/h8-10,12,14,17-19,25-26,42H,5-7,11,13,15-16,20H2,1-4H3,(H,33,36)/t25-,26+/m0/s1. The second-order valence-corrected chi connectivity index (χ2v) is 11.4. The zero-order valence-corrected chi connectivity index (χ0v) is 25.6. The molecule has 1 N–H and O–H groups in total. The highest BCUT2D eigenvalue weighted by molar-refractivity contribution is 7.81. The van der Waals surface area contributed by atoms with Crippen LogP contribution >= 0.6 is 12.6 Å². The number of carbonyl (C=O) groups is 5. The molecule has 0 spiro atoms. The van der Waals surface area contributed by atoms with Crippen LogP contribution in [0, 0.1) is 5.41 Å². The normalized spacial score (nSPS) is 15.8. The summed E-state index contributed by atoms with van der Waals surface area (Å²) in [6, 6.07) is 11.4. The number of nitrogens with one attached hydrogen (secondary N) is 1. The van der Waals surface area contributed by atoms with E-state index in [-0.39, 0.29) is 11.7 Å². The molecule has 9 nitrogen and oxygen atoms in total. The summed E-state index contributed by atoms with van der Waals surface area (Å²) in [4.78, 5) is 64.6. The maximum atomic E-state index is 13.7. The number of hydrogen-bond acceptors (Lipinski definition) is 8. The molecule has 0 radical (unpaired) electrons. The lowest BCUT2D eigenvalue weighted by Gasteiger charge is -2.36. The highest BCUT2D eigenvalue weighted by Crippen LogP contribution is 2.31. The summed E-state index contributed by atoms with van der Waals surface area (Å²) in [6.45, 7) is 5.63. The van der Waals surface area contributed by atoms with Gasteiger partial charge in [-0.3, -0.25) is 19.2 Å². The summed E-state index contributed by atoms with van der Waals surface area (Å²) < 4.78 is 11.4. The molecule has 2 atom stereocenters. The first kappa shape index (κ1) is 32.8. The van der Waals surface area contributed by atoms with Crippen LogP contribution in [0.5, 0.6) is 5.75 Å². The molecule has 10 heteroatoms. The molecule has 0 aromatic heterocycles. The first-order chi connectivity index (χ1) is 20.0. The Kier molecular flexibility index (Phi) is 11.7. The van der Waals surface area contributed by atoms with Crippen molar-refractivity contribution in [1.29, 1.82) is 0 Å². The zero-order chi connectivity index (χ0) is 30.9. The van der Waals surface area contributed by atoms with Crippen molar-refractivity contribution >= 4 is 48.2 Å². The number of likely N-dealkylation sites (tertiary alicyclic amines) is 1. The monoisotopic (exact) mass is 596 g/mol. The van der Waals surface area contributed by atoms with Gasteiger partial charge in [-0.2, -0.15) is 12.6 Å². The molecule has 1 aliphatic heterocycles. The van der Waals surface area contributed by atoms with Crippen molar-refractivity contribution < 1.29 is 33.4 Å². The van der Waals surface area contributed by atoms with Gasteiger partial charge in [0.2, 0.25) is 11.7 Å². The molecule has 2 amide bonds. The van der Waals surface area contributed by atoms with Gasteiger partial charge in [-0.15, -0.1) is 0 Å². The zero-order valence-electron chi connectivity index (χ0n) is 24.7. The quantitative estimate of drug-likeness (QED) is 0.145. The van der Waals surface area contributed by atoms with E-state index in [0.717, 1.165) is 18.3 Å². The van der Waals surface area contributed by atoms with Crippen LogP contribution in [0.15, 0.2) is 42.5 Å². The summed E-state index contributed by atoms with van der Waals surface area (Å²) in [5.41, 5.74) is 1.67. The summed E-state index contributed by atoms with van der Waals surface area (Å²) in [6.07, 6.45) is 3.20. The van der Waals surface area contributed by atoms with Gasteiger partial charge in [-0.05, 0) is 73.9 Å². The fraction of sp³-hybridized carbons (Fsp3) is 0.469. The van der Waals surface area contributed by atoms with E-state index in [1.54, 1.807) is 44.2 Å². The van der Waals surface area contributed by atoms with Crippen molar-refractivity contribution in [1.82, 2.24) is 4.90 Å². The van der Waals surface area contributed by atoms with E-state index in [2.05, 4.69) is 17.9 Å². The molecule has 2 aromatic carbocycles. The number of aryl methyl sites for hydroxylation is 1. The lowest BCUT2D eigenvalue weighted by Crippen LogP contribution is -2.53. The molecule has 1 heterocycles. The Labute approximate surface area is 252 Å². The first-order valence-electron chi connectivity index (χ1n) is 14.2.